The molecule has 0 saturated heterocycles. The van der Waals surface area contributed by atoms with Crippen molar-refractivity contribution < 1.29 is 26.9 Å². The largest absolute Gasteiger partial charge is 0.505 e. The lowest BCUT2D eigenvalue weighted by Gasteiger charge is -2.18. The molecule has 1 aliphatic heterocycles. The molecule has 5 N–H and O–H groups in total. The van der Waals surface area contributed by atoms with E-state index in [-0.39, 0.29) is 29.3 Å². The van der Waals surface area contributed by atoms with Crippen molar-refractivity contribution in [1.82, 2.24) is 10.2 Å². The number of amides is 1. The highest BCUT2D eigenvalue weighted by molar-refractivity contribution is 8.10. The van der Waals surface area contributed by atoms with Crippen LogP contribution >= 0.6 is 0 Å². The van der Waals surface area contributed by atoms with Crippen molar-refractivity contribution in [3.05, 3.63) is 56.3 Å². The maximum atomic E-state index is 12.5. The van der Waals surface area contributed by atoms with Crippen LogP contribution in [-0.4, -0.2) is 48.5 Å². The molecule has 0 bridgehead atoms. The van der Waals surface area contributed by atoms with Gasteiger partial charge in [0.1, 0.15) is 17.2 Å². The fourth-order valence-electron chi connectivity index (χ4n) is 3.16. The zero-order chi connectivity index (χ0) is 24.7. The molecule has 178 valence electrons. The van der Waals surface area contributed by atoms with Crippen LogP contribution in [0, 0.1) is 20.8 Å². The Morgan fingerprint density at radius 3 is 2.45 bits per heavy atom. The number of hydrogen-bond donors (Lipinski definition) is 4. The van der Waals surface area contributed by atoms with Crippen molar-refractivity contribution >= 4 is 38.4 Å². The van der Waals surface area contributed by atoms with Gasteiger partial charge in [-0.25, -0.2) is 17.8 Å². The van der Waals surface area contributed by atoms with Crippen LogP contribution in [0.1, 0.15) is 33.0 Å². The summed E-state index contributed by atoms with van der Waals surface area (Å²) >= 11 is 0. The number of carbonyl (C=O) groups excluding carboxylic acids is 1. The van der Waals surface area contributed by atoms with Crippen LogP contribution in [0.25, 0.3) is 0 Å². The van der Waals surface area contributed by atoms with Gasteiger partial charge in [0.15, 0.2) is 26.8 Å². The number of anilines is 1. The normalized spacial score (nSPS) is 16.1. The van der Waals surface area contributed by atoms with Crippen molar-refractivity contribution in [1.29, 1.82) is 0 Å². The molecule has 33 heavy (non-hydrogen) atoms. The first-order valence-corrected chi connectivity index (χ1v) is 12.4. The summed E-state index contributed by atoms with van der Waals surface area (Å²) in [5, 5.41) is 21.7. The number of phenolic OH excluding ortho intramolecular Hbond substituents is 1. The number of sulfonamides is 1. The summed E-state index contributed by atoms with van der Waals surface area (Å²) in [4.78, 5) is 13.8. The molecule has 0 radical (unpaired) electrons. The molecule has 2 aromatic rings. The van der Waals surface area contributed by atoms with Gasteiger partial charge in [0.05, 0.1) is 17.8 Å². The third-order valence-corrected chi connectivity index (χ3v) is 7.66. The molecule has 1 aromatic carbocycles. The predicted octanol–water partition coefficient (Wildman–Crippen LogP) is 1.35. The summed E-state index contributed by atoms with van der Waals surface area (Å²) in [6.07, 6.45) is 0. The first-order chi connectivity index (χ1) is 15.3. The summed E-state index contributed by atoms with van der Waals surface area (Å²) in [6, 6.07) is 4.85. The Morgan fingerprint density at radius 1 is 1.24 bits per heavy atom. The van der Waals surface area contributed by atoms with Gasteiger partial charge in [0.25, 0.3) is 15.9 Å². The minimum atomic E-state index is -4.42. The van der Waals surface area contributed by atoms with Crippen LogP contribution in [0.2, 0.25) is 0 Å². The van der Waals surface area contributed by atoms with Crippen molar-refractivity contribution in [3.8, 4) is 5.75 Å². The number of rotatable bonds is 6. The third kappa shape index (κ3) is 4.94. The molecule has 1 unspecified atom stereocenters. The number of amidine groups is 1. The van der Waals surface area contributed by atoms with Gasteiger partial charge in [0.2, 0.25) is 0 Å². The molecule has 11 nitrogen and oxygen atoms in total. The third-order valence-electron chi connectivity index (χ3n) is 4.95. The number of aromatic hydroxyl groups is 1. The molecule has 0 aliphatic carbocycles. The van der Waals surface area contributed by atoms with Crippen molar-refractivity contribution in [3.63, 3.8) is 0 Å². The fourth-order valence-corrected chi connectivity index (χ4v) is 5.22. The monoisotopic (exact) mass is 495 g/mol. The SMILES string of the molecule is Cc1cc(CNC2=NS(=O)C(S(N)(=O)=O)=C2Nc2ccc(C)c(C(=O)N(C)C)c2O)oc1C. The molecule has 1 aliphatic rings. The number of nitrogens with two attached hydrogens (primary N) is 1. The number of aryl methyl sites for hydroxylation is 3. The van der Waals surface area contributed by atoms with Crippen LogP contribution in [0.15, 0.2) is 36.9 Å². The zero-order valence-corrected chi connectivity index (χ0v) is 20.3. The number of phenols is 1. The zero-order valence-electron chi connectivity index (χ0n) is 18.7. The van der Waals surface area contributed by atoms with E-state index >= 15 is 0 Å². The van der Waals surface area contributed by atoms with E-state index in [9.17, 15) is 22.5 Å². The topological polar surface area (TPSA) is 167 Å². The second kappa shape index (κ2) is 9.00. The molecule has 0 spiro atoms. The maximum Gasteiger partial charge on any atom is 0.257 e. The van der Waals surface area contributed by atoms with E-state index in [1.807, 2.05) is 6.92 Å². The Morgan fingerprint density at radius 2 is 1.91 bits per heavy atom. The van der Waals surface area contributed by atoms with Gasteiger partial charge in [-0.05, 0) is 44.0 Å². The molecule has 1 amide bonds. The Labute approximate surface area is 194 Å². The second-order valence-corrected chi connectivity index (χ2v) is 10.5. The second-order valence-electron chi connectivity index (χ2n) is 7.68. The molecule has 1 atom stereocenters. The molecular formula is C20H25N5O6S2. The summed E-state index contributed by atoms with van der Waals surface area (Å²) in [5.41, 5.74) is 1.31. The number of nitrogens with one attached hydrogen (secondary N) is 2. The van der Waals surface area contributed by atoms with Gasteiger partial charge in [-0.15, -0.1) is 0 Å². The molecule has 2 heterocycles. The molecular weight excluding hydrogens is 470 g/mol. The predicted molar refractivity (Wildman–Crippen MR) is 125 cm³/mol. The van der Waals surface area contributed by atoms with Crippen LogP contribution in [0.5, 0.6) is 5.75 Å². The van der Waals surface area contributed by atoms with Crippen molar-refractivity contribution in [2.45, 2.75) is 27.3 Å². The molecule has 13 heteroatoms. The molecule has 0 saturated carbocycles. The summed E-state index contributed by atoms with van der Waals surface area (Å²) < 4.78 is 45.6. The van der Waals surface area contributed by atoms with Gasteiger partial charge in [0, 0.05) is 14.1 Å². The number of benzene rings is 1. The van der Waals surface area contributed by atoms with Crippen LogP contribution in [0.4, 0.5) is 5.69 Å². The van der Waals surface area contributed by atoms with E-state index in [0.29, 0.717) is 11.3 Å². The van der Waals surface area contributed by atoms with Crippen LogP contribution in [-0.2, 0) is 27.6 Å². The van der Waals surface area contributed by atoms with E-state index in [1.54, 1.807) is 26.0 Å². The molecule has 1 aromatic heterocycles. The van der Waals surface area contributed by atoms with Gasteiger partial charge in [-0.2, -0.15) is 4.40 Å². The van der Waals surface area contributed by atoms with Crippen LogP contribution < -0.4 is 15.8 Å². The Bertz CT molecular complexity index is 1310. The van der Waals surface area contributed by atoms with E-state index in [1.165, 1.54) is 25.1 Å². The smallest absolute Gasteiger partial charge is 0.257 e. The number of furan rings is 1. The highest BCUT2D eigenvalue weighted by atomic mass is 32.3. The Hall–Kier alpha value is -3.16. The quantitative estimate of drug-likeness (QED) is 0.436. The fraction of sp³-hybridized carbons (Fsp3) is 0.300. The number of hydrogen-bond acceptors (Lipinski definition) is 8. The number of primary sulfonamides is 1. The van der Waals surface area contributed by atoms with E-state index < -0.39 is 36.9 Å². The van der Waals surface area contributed by atoms with E-state index in [2.05, 4.69) is 15.0 Å². The first kappa shape index (κ1) is 24.5. The first-order valence-electron chi connectivity index (χ1n) is 9.70. The van der Waals surface area contributed by atoms with Crippen molar-refractivity contribution in [2.24, 2.45) is 9.54 Å². The Balaban J connectivity index is 2.02. The standard InChI is InChI=1S/C20H25N5O6S2/c1-10-6-7-14(17(26)15(10)19(27)25(4)5)23-16-18(24-32(28)20(16)33(21,29)30)22-9-13-8-11(2)12(3)31-13/h6-8,23,26H,9H2,1-5H3,(H,22,24)(H2,21,29,30). The number of carbonyl (C=O) groups is 1. The maximum absolute atomic E-state index is 12.5. The summed E-state index contributed by atoms with van der Waals surface area (Å²) in [5.74, 6) is 0.387. The van der Waals surface area contributed by atoms with Crippen molar-refractivity contribution in [2.75, 3.05) is 19.4 Å². The summed E-state index contributed by atoms with van der Waals surface area (Å²) in [7, 11) is -3.65. The van der Waals surface area contributed by atoms with E-state index in [0.717, 1.165) is 11.3 Å². The molecule has 0 fully saturated rings. The average molecular weight is 496 g/mol. The lowest BCUT2D eigenvalue weighted by atomic mass is 10.0. The van der Waals surface area contributed by atoms with Gasteiger partial charge in [-0.3, -0.25) is 4.79 Å². The van der Waals surface area contributed by atoms with Gasteiger partial charge >= 0.3 is 0 Å². The highest BCUT2D eigenvalue weighted by Crippen LogP contribution is 2.34. The minimum absolute atomic E-state index is 0.0139. The minimum Gasteiger partial charge on any atom is -0.505 e. The summed E-state index contributed by atoms with van der Waals surface area (Å²) in [6.45, 7) is 5.46. The highest BCUT2D eigenvalue weighted by Gasteiger charge is 2.35. The lowest BCUT2D eigenvalue weighted by Crippen LogP contribution is -2.29. The van der Waals surface area contributed by atoms with E-state index in [4.69, 9.17) is 9.56 Å². The molecule has 3 rings (SSSR count). The van der Waals surface area contributed by atoms with Gasteiger partial charge < -0.3 is 25.1 Å². The average Bonchev–Trinajstić information content (AvgIpc) is 3.20. The van der Waals surface area contributed by atoms with Gasteiger partial charge in [-0.1, -0.05) is 6.07 Å². The Kier molecular flexibility index (Phi) is 6.68. The number of nitrogens with zero attached hydrogens (tertiary/aromatic N) is 2. The van der Waals surface area contributed by atoms with Crippen LogP contribution in [0.3, 0.4) is 0 Å². The lowest BCUT2D eigenvalue weighted by molar-refractivity contribution is 0.0824.